The fraction of sp³-hybridized carbons (Fsp3) is 0.444. The van der Waals surface area contributed by atoms with Crippen LogP contribution < -0.4 is 0 Å². The quantitative estimate of drug-likeness (QED) is 0.856. The van der Waals surface area contributed by atoms with Gasteiger partial charge in [0.2, 0.25) is 0 Å². The molecule has 0 fully saturated rings. The highest BCUT2D eigenvalue weighted by Crippen LogP contribution is 2.34. The van der Waals surface area contributed by atoms with Gasteiger partial charge in [0, 0.05) is 30.9 Å². The van der Waals surface area contributed by atoms with Crippen LogP contribution >= 0.6 is 11.3 Å². The summed E-state index contributed by atoms with van der Waals surface area (Å²) in [6.45, 7) is 2.86. The third-order valence-corrected chi connectivity index (χ3v) is 5.69. The Morgan fingerprint density at radius 1 is 1.50 bits per heavy atom. The summed E-state index contributed by atoms with van der Waals surface area (Å²) in [5.41, 5.74) is 2.46. The standard InChI is InChI=1S/C18H22N2OS/c1-3-13-6-7-16-15(9-13)10-17(22-16)18(21)20(2)12-14-5-4-8-19-11-14/h4-5,8,10-11,13H,3,6-7,9,12H2,1-2H3/t13-/m0/s1. The molecule has 1 aliphatic carbocycles. The molecule has 2 aromatic heterocycles. The van der Waals surface area contributed by atoms with Gasteiger partial charge in [0.15, 0.2) is 0 Å². The van der Waals surface area contributed by atoms with Crippen molar-refractivity contribution in [2.75, 3.05) is 7.05 Å². The Morgan fingerprint density at radius 3 is 3.09 bits per heavy atom. The molecule has 3 rings (SSSR count). The monoisotopic (exact) mass is 314 g/mol. The number of thiophene rings is 1. The molecule has 1 aliphatic rings. The first-order valence-electron chi connectivity index (χ1n) is 7.93. The number of nitrogens with zero attached hydrogens (tertiary/aromatic N) is 2. The molecule has 0 radical (unpaired) electrons. The van der Waals surface area contributed by atoms with Crippen LogP contribution in [0.1, 0.15) is 45.4 Å². The Labute approximate surface area is 136 Å². The summed E-state index contributed by atoms with van der Waals surface area (Å²) in [6, 6.07) is 6.04. The van der Waals surface area contributed by atoms with Crippen LogP contribution in [0.2, 0.25) is 0 Å². The fourth-order valence-corrected chi connectivity index (χ4v) is 4.28. The lowest BCUT2D eigenvalue weighted by Gasteiger charge is -2.19. The molecule has 0 aromatic carbocycles. The lowest BCUT2D eigenvalue weighted by Crippen LogP contribution is -2.25. The molecule has 1 amide bonds. The second-order valence-electron chi connectivity index (χ2n) is 6.10. The van der Waals surface area contributed by atoms with E-state index in [1.54, 1.807) is 22.4 Å². The molecule has 2 heterocycles. The summed E-state index contributed by atoms with van der Waals surface area (Å²) in [4.78, 5) is 20.8. The Morgan fingerprint density at radius 2 is 2.36 bits per heavy atom. The molecule has 116 valence electrons. The summed E-state index contributed by atoms with van der Waals surface area (Å²) in [5, 5.41) is 0. The summed E-state index contributed by atoms with van der Waals surface area (Å²) in [5.74, 6) is 0.912. The molecule has 0 N–H and O–H groups in total. The molecular formula is C18H22N2OS. The minimum absolute atomic E-state index is 0.122. The molecule has 22 heavy (non-hydrogen) atoms. The van der Waals surface area contributed by atoms with Crippen LogP contribution in [-0.4, -0.2) is 22.8 Å². The zero-order valence-electron chi connectivity index (χ0n) is 13.2. The van der Waals surface area contributed by atoms with Crippen LogP contribution in [0.5, 0.6) is 0 Å². The molecule has 0 unspecified atom stereocenters. The van der Waals surface area contributed by atoms with Gasteiger partial charge in [-0.1, -0.05) is 19.4 Å². The van der Waals surface area contributed by atoms with E-state index in [0.717, 1.165) is 29.2 Å². The molecular weight excluding hydrogens is 292 g/mol. The summed E-state index contributed by atoms with van der Waals surface area (Å²) in [6.07, 6.45) is 8.35. The topological polar surface area (TPSA) is 33.2 Å². The number of rotatable bonds is 4. The highest BCUT2D eigenvalue weighted by molar-refractivity contribution is 7.14. The first kappa shape index (κ1) is 15.2. The molecule has 2 aromatic rings. The second-order valence-corrected chi connectivity index (χ2v) is 7.24. The van der Waals surface area contributed by atoms with Crippen LogP contribution in [-0.2, 0) is 19.4 Å². The third kappa shape index (κ3) is 3.22. The number of carbonyl (C=O) groups excluding carboxylic acids is 1. The summed E-state index contributed by atoms with van der Waals surface area (Å²) in [7, 11) is 1.86. The third-order valence-electron chi connectivity index (χ3n) is 4.46. The van der Waals surface area contributed by atoms with Gasteiger partial charge < -0.3 is 4.90 Å². The predicted octanol–water partition coefficient (Wildman–Crippen LogP) is 3.93. The fourth-order valence-electron chi connectivity index (χ4n) is 3.08. The first-order valence-corrected chi connectivity index (χ1v) is 8.75. The van der Waals surface area contributed by atoms with E-state index in [9.17, 15) is 4.79 Å². The lowest BCUT2D eigenvalue weighted by atomic mass is 9.87. The van der Waals surface area contributed by atoms with Gasteiger partial charge in [0.25, 0.3) is 5.91 Å². The highest BCUT2D eigenvalue weighted by atomic mass is 32.1. The molecule has 0 bridgehead atoms. The van der Waals surface area contributed by atoms with Crippen LogP contribution in [0.4, 0.5) is 0 Å². The van der Waals surface area contributed by atoms with Gasteiger partial charge in [0.05, 0.1) is 4.88 Å². The number of hydrogen-bond donors (Lipinski definition) is 0. The average Bonchev–Trinajstić information content (AvgIpc) is 2.97. The minimum Gasteiger partial charge on any atom is -0.337 e. The van der Waals surface area contributed by atoms with Crippen molar-refractivity contribution in [3.8, 4) is 0 Å². The van der Waals surface area contributed by atoms with Crippen molar-refractivity contribution >= 4 is 17.2 Å². The van der Waals surface area contributed by atoms with E-state index in [4.69, 9.17) is 0 Å². The van der Waals surface area contributed by atoms with Crippen molar-refractivity contribution in [1.82, 2.24) is 9.88 Å². The smallest absolute Gasteiger partial charge is 0.263 e. The van der Waals surface area contributed by atoms with Gasteiger partial charge in [-0.25, -0.2) is 0 Å². The molecule has 0 spiro atoms. The van der Waals surface area contributed by atoms with Crippen molar-refractivity contribution in [2.45, 2.75) is 39.2 Å². The minimum atomic E-state index is 0.122. The summed E-state index contributed by atoms with van der Waals surface area (Å²) >= 11 is 1.69. The maximum Gasteiger partial charge on any atom is 0.263 e. The molecule has 1 atom stereocenters. The highest BCUT2D eigenvalue weighted by Gasteiger charge is 2.23. The van der Waals surface area contributed by atoms with Crippen molar-refractivity contribution in [2.24, 2.45) is 5.92 Å². The Balaban J connectivity index is 1.71. The Hall–Kier alpha value is -1.68. The molecule has 3 nitrogen and oxygen atoms in total. The van der Waals surface area contributed by atoms with Gasteiger partial charge in [-0.2, -0.15) is 0 Å². The van der Waals surface area contributed by atoms with Gasteiger partial charge in [-0.15, -0.1) is 11.3 Å². The van der Waals surface area contributed by atoms with Crippen molar-refractivity contribution in [1.29, 1.82) is 0 Å². The van der Waals surface area contributed by atoms with Gasteiger partial charge in [-0.05, 0) is 48.4 Å². The van der Waals surface area contributed by atoms with Gasteiger partial charge in [0.1, 0.15) is 0 Å². The second kappa shape index (κ2) is 6.61. The Kier molecular flexibility index (Phi) is 4.57. The molecule has 0 saturated heterocycles. The number of aromatic nitrogens is 1. The number of aryl methyl sites for hydroxylation is 1. The molecule has 4 heteroatoms. The van der Waals surface area contributed by atoms with E-state index in [1.807, 2.05) is 25.4 Å². The van der Waals surface area contributed by atoms with Gasteiger partial charge >= 0.3 is 0 Å². The van der Waals surface area contributed by atoms with Crippen molar-refractivity contribution in [3.05, 3.63) is 51.5 Å². The zero-order chi connectivity index (χ0) is 15.5. The van der Waals surface area contributed by atoms with E-state index in [-0.39, 0.29) is 5.91 Å². The maximum atomic E-state index is 12.6. The Bertz CT molecular complexity index is 650. The van der Waals surface area contributed by atoms with E-state index in [0.29, 0.717) is 6.54 Å². The number of hydrogen-bond acceptors (Lipinski definition) is 3. The largest absolute Gasteiger partial charge is 0.337 e. The SMILES string of the molecule is CC[C@H]1CCc2sc(C(=O)N(C)Cc3cccnc3)cc2C1. The van der Waals surface area contributed by atoms with E-state index in [2.05, 4.69) is 18.0 Å². The predicted molar refractivity (Wildman–Crippen MR) is 90.2 cm³/mol. The van der Waals surface area contributed by atoms with Crippen molar-refractivity contribution < 1.29 is 4.79 Å². The van der Waals surface area contributed by atoms with Crippen LogP contribution in [0.3, 0.4) is 0 Å². The lowest BCUT2D eigenvalue weighted by molar-refractivity contribution is 0.0789. The normalized spacial score (nSPS) is 17.1. The van der Waals surface area contributed by atoms with E-state index >= 15 is 0 Å². The van der Waals surface area contributed by atoms with E-state index < -0.39 is 0 Å². The summed E-state index contributed by atoms with van der Waals surface area (Å²) < 4.78 is 0. The number of carbonyl (C=O) groups is 1. The van der Waals surface area contributed by atoms with E-state index in [1.165, 1.54) is 23.3 Å². The molecule has 0 saturated carbocycles. The zero-order valence-corrected chi connectivity index (χ0v) is 14.0. The maximum absolute atomic E-state index is 12.6. The number of fused-ring (bicyclic) bond motifs is 1. The average molecular weight is 314 g/mol. The van der Waals surface area contributed by atoms with Crippen molar-refractivity contribution in [3.63, 3.8) is 0 Å². The molecule has 0 aliphatic heterocycles. The van der Waals surface area contributed by atoms with Crippen LogP contribution in [0, 0.1) is 5.92 Å². The first-order chi connectivity index (χ1) is 10.7. The number of amides is 1. The van der Waals surface area contributed by atoms with Crippen LogP contribution in [0.15, 0.2) is 30.6 Å². The van der Waals surface area contributed by atoms with Crippen LogP contribution in [0.25, 0.3) is 0 Å². The van der Waals surface area contributed by atoms with Gasteiger partial charge in [-0.3, -0.25) is 9.78 Å². The number of pyridine rings is 1.